The third-order valence-corrected chi connectivity index (χ3v) is 6.68. The first kappa shape index (κ1) is 15.9. The van der Waals surface area contributed by atoms with Gasteiger partial charge in [0.15, 0.2) is 0 Å². The lowest BCUT2D eigenvalue weighted by atomic mass is 10.1. The van der Waals surface area contributed by atoms with Crippen LogP contribution in [0.15, 0.2) is 27.6 Å². The normalized spacial score (nSPS) is 20.4. The molecule has 0 spiro atoms. The quantitative estimate of drug-likeness (QED) is 0.877. The predicted molar refractivity (Wildman–Crippen MR) is 84.1 cm³/mol. The van der Waals surface area contributed by atoms with Gasteiger partial charge in [-0.1, -0.05) is 19.4 Å². The molecule has 1 aromatic carbocycles. The molecule has 0 amide bonds. The smallest absolute Gasteiger partial charge is 0.244 e. The maximum atomic E-state index is 12.7. The fraction of sp³-hybridized carbons (Fsp3) is 0.571. The van der Waals surface area contributed by atoms with E-state index in [9.17, 15) is 8.42 Å². The summed E-state index contributed by atoms with van der Waals surface area (Å²) in [6, 6.07) is 5.50. The third kappa shape index (κ3) is 3.24. The van der Waals surface area contributed by atoms with Crippen LogP contribution >= 0.6 is 15.9 Å². The summed E-state index contributed by atoms with van der Waals surface area (Å²) in [5.74, 6) is 0.490. The van der Waals surface area contributed by atoms with Crippen molar-refractivity contribution in [3.05, 3.63) is 28.2 Å². The van der Waals surface area contributed by atoms with E-state index in [1.807, 2.05) is 19.2 Å². The molecule has 1 aliphatic heterocycles. The average Bonchev–Trinajstić information content (AvgIpc) is 2.90. The largest absolute Gasteiger partial charge is 0.316 e. The molecule has 1 N–H and O–H groups in total. The lowest BCUT2D eigenvalue weighted by Gasteiger charge is -2.18. The third-order valence-electron chi connectivity index (χ3n) is 3.82. The molecule has 0 saturated carbocycles. The van der Waals surface area contributed by atoms with Crippen molar-refractivity contribution in [3.8, 4) is 0 Å². The van der Waals surface area contributed by atoms with E-state index in [4.69, 9.17) is 0 Å². The Morgan fingerprint density at radius 3 is 2.80 bits per heavy atom. The summed E-state index contributed by atoms with van der Waals surface area (Å²) in [6.07, 6.45) is 2.00. The summed E-state index contributed by atoms with van der Waals surface area (Å²) in [6.45, 7) is 4.04. The van der Waals surface area contributed by atoms with Crippen LogP contribution in [0.1, 0.15) is 25.3 Å². The molecule has 1 atom stereocenters. The van der Waals surface area contributed by atoms with Gasteiger partial charge in [-0.25, -0.2) is 8.42 Å². The van der Waals surface area contributed by atoms with Crippen LogP contribution in [0.25, 0.3) is 0 Å². The zero-order valence-corrected chi connectivity index (χ0v) is 14.3. The van der Waals surface area contributed by atoms with Gasteiger partial charge in [-0.2, -0.15) is 4.31 Å². The highest BCUT2D eigenvalue weighted by molar-refractivity contribution is 9.10. The average molecular weight is 361 g/mol. The molecule has 6 heteroatoms. The number of nitrogens with one attached hydrogen (secondary N) is 1. The van der Waals surface area contributed by atoms with E-state index < -0.39 is 10.0 Å². The van der Waals surface area contributed by atoms with Crippen LogP contribution in [-0.4, -0.2) is 32.9 Å². The van der Waals surface area contributed by atoms with Gasteiger partial charge in [0, 0.05) is 24.1 Å². The van der Waals surface area contributed by atoms with Gasteiger partial charge in [0.25, 0.3) is 0 Å². The number of halogens is 1. The molecular weight excluding hydrogens is 340 g/mol. The van der Waals surface area contributed by atoms with Gasteiger partial charge < -0.3 is 5.32 Å². The number of rotatable bonds is 5. The second kappa shape index (κ2) is 6.56. The van der Waals surface area contributed by atoms with Gasteiger partial charge in [0.1, 0.15) is 0 Å². The Bertz CT molecular complexity index is 575. The van der Waals surface area contributed by atoms with E-state index in [-0.39, 0.29) is 0 Å². The summed E-state index contributed by atoms with van der Waals surface area (Å²) in [5, 5.41) is 3.04. The van der Waals surface area contributed by atoms with E-state index in [1.165, 1.54) is 0 Å². The highest BCUT2D eigenvalue weighted by Crippen LogP contribution is 2.30. The van der Waals surface area contributed by atoms with E-state index in [0.29, 0.717) is 34.9 Å². The molecule has 20 heavy (non-hydrogen) atoms. The zero-order valence-electron chi connectivity index (χ0n) is 11.9. The van der Waals surface area contributed by atoms with Gasteiger partial charge in [0.05, 0.1) is 4.90 Å². The van der Waals surface area contributed by atoms with Crippen molar-refractivity contribution in [2.24, 2.45) is 5.92 Å². The van der Waals surface area contributed by atoms with Crippen LogP contribution in [0.4, 0.5) is 0 Å². The molecule has 112 valence electrons. The maximum Gasteiger partial charge on any atom is 0.244 e. The Morgan fingerprint density at radius 1 is 1.45 bits per heavy atom. The highest BCUT2D eigenvalue weighted by Gasteiger charge is 2.32. The number of sulfonamides is 1. The molecule has 4 nitrogen and oxygen atoms in total. The molecule has 1 unspecified atom stereocenters. The lowest BCUT2D eigenvalue weighted by Crippen LogP contribution is -2.29. The summed E-state index contributed by atoms with van der Waals surface area (Å²) >= 11 is 3.37. The second-order valence-corrected chi connectivity index (χ2v) is 7.98. The van der Waals surface area contributed by atoms with Gasteiger partial charge >= 0.3 is 0 Å². The Labute approximate surface area is 129 Å². The maximum absolute atomic E-state index is 12.7. The van der Waals surface area contributed by atoms with E-state index in [1.54, 1.807) is 10.4 Å². The first-order chi connectivity index (χ1) is 9.48. The molecule has 0 bridgehead atoms. The molecule has 1 saturated heterocycles. The van der Waals surface area contributed by atoms with Crippen LogP contribution in [0.5, 0.6) is 0 Å². The highest BCUT2D eigenvalue weighted by atomic mass is 79.9. The minimum absolute atomic E-state index is 0.377. The lowest BCUT2D eigenvalue weighted by molar-refractivity contribution is 0.452. The Kier molecular flexibility index (Phi) is 5.23. The predicted octanol–water partition coefficient (Wildman–Crippen LogP) is 2.59. The van der Waals surface area contributed by atoms with Crippen molar-refractivity contribution >= 4 is 26.0 Å². The van der Waals surface area contributed by atoms with E-state index in [0.717, 1.165) is 18.4 Å². The van der Waals surface area contributed by atoms with Gasteiger partial charge in [-0.3, -0.25) is 0 Å². The fourth-order valence-electron chi connectivity index (χ4n) is 2.55. The van der Waals surface area contributed by atoms with Crippen molar-refractivity contribution in [3.63, 3.8) is 0 Å². The number of hydrogen-bond acceptors (Lipinski definition) is 3. The number of benzene rings is 1. The van der Waals surface area contributed by atoms with Crippen LogP contribution in [0.2, 0.25) is 0 Å². The Balaban J connectivity index is 2.32. The van der Waals surface area contributed by atoms with Crippen molar-refractivity contribution in [2.45, 2.75) is 31.2 Å². The molecule has 1 aromatic rings. The minimum Gasteiger partial charge on any atom is -0.316 e. The Morgan fingerprint density at radius 2 is 2.20 bits per heavy atom. The van der Waals surface area contributed by atoms with Crippen molar-refractivity contribution in [1.82, 2.24) is 9.62 Å². The first-order valence-electron chi connectivity index (χ1n) is 6.92. The number of hydrogen-bond donors (Lipinski definition) is 1. The molecular formula is C14H21BrN2O2S. The Hall–Kier alpha value is -0.430. The topological polar surface area (TPSA) is 49.4 Å². The molecule has 0 aromatic heterocycles. The SMILES string of the molecule is CCC1CCN(S(=O)(=O)c2cc(CNC)ccc2Br)C1. The summed E-state index contributed by atoms with van der Waals surface area (Å²) in [7, 11) is -1.54. The monoisotopic (exact) mass is 360 g/mol. The van der Waals surface area contributed by atoms with Gasteiger partial charge in [0.2, 0.25) is 10.0 Å². The molecule has 1 heterocycles. The van der Waals surface area contributed by atoms with Gasteiger partial charge in [-0.05, 0) is 53.0 Å². The summed E-state index contributed by atoms with van der Waals surface area (Å²) in [5.41, 5.74) is 0.973. The van der Waals surface area contributed by atoms with Crippen LogP contribution in [-0.2, 0) is 16.6 Å². The minimum atomic E-state index is -3.39. The number of nitrogens with zero attached hydrogens (tertiary/aromatic N) is 1. The standard InChI is InChI=1S/C14H21BrN2O2S/c1-3-11-6-7-17(10-11)20(18,19)14-8-12(9-16-2)4-5-13(14)15/h4-5,8,11,16H,3,6-7,9-10H2,1-2H3. The zero-order chi connectivity index (χ0) is 14.8. The molecule has 1 aliphatic rings. The van der Waals surface area contributed by atoms with Crippen molar-refractivity contribution in [2.75, 3.05) is 20.1 Å². The van der Waals surface area contributed by atoms with Crippen LogP contribution < -0.4 is 5.32 Å². The van der Waals surface area contributed by atoms with E-state index in [2.05, 4.69) is 28.2 Å². The summed E-state index contributed by atoms with van der Waals surface area (Å²) < 4.78 is 27.7. The summed E-state index contributed by atoms with van der Waals surface area (Å²) in [4.78, 5) is 0.377. The van der Waals surface area contributed by atoms with E-state index >= 15 is 0 Å². The van der Waals surface area contributed by atoms with Gasteiger partial charge in [-0.15, -0.1) is 0 Å². The van der Waals surface area contributed by atoms with Crippen LogP contribution in [0, 0.1) is 5.92 Å². The fourth-order valence-corrected chi connectivity index (χ4v) is 5.05. The van der Waals surface area contributed by atoms with Crippen molar-refractivity contribution < 1.29 is 8.42 Å². The molecule has 0 radical (unpaired) electrons. The molecule has 1 fully saturated rings. The van der Waals surface area contributed by atoms with Crippen LogP contribution in [0.3, 0.4) is 0 Å². The first-order valence-corrected chi connectivity index (χ1v) is 9.15. The second-order valence-electron chi connectivity index (χ2n) is 5.22. The molecule has 2 rings (SSSR count). The van der Waals surface area contributed by atoms with Crippen molar-refractivity contribution in [1.29, 1.82) is 0 Å². The molecule has 0 aliphatic carbocycles.